The van der Waals surface area contributed by atoms with Gasteiger partial charge in [-0.1, -0.05) is 32.0 Å². The number of benzene rings is 2. The molecule has 0 unspecified atom stereocenters. The highest BCUT2D eigenvalue weighted by Crippen LogP contribution is 2.32. The minimum atomic E-state index is -0.150. The monoisotopic (exact) mass is 371 g/mol. The number of methoxy groups -OCH3 is 1. The molecule has 0 spiro atoms. The Balaban J connectivity index is 2.12. The topological polar surface area (TPSA) is 38.3 Å². The summed E-state index contributed by atoms with van der Waals surface area (Å²) in [5.74, 6) is 1.32. The van der Waals surface area contributed by atoms with Crippen molar-refractivity contribution in [3.8, 4) is 5.75 Å². The number of hydrogen-bond acceptors (Lipinski definition) is 3. The Kier molecular flexibility index (Phi) is 7.15. The number of rotatable bonds is 7. The highest BCUT2D eigenvalue weighted by Gasteiger charge is 2.20. The predicted molar refractivity (Wildman–Crippen MR) is 110 cm³/mol. The van der Waals surface area contributed by atoms with Crippen molar-refractivity contribution < 1.29 is 9.53 Å². The number of amides is 1. The molecular weight excluding hydrogens is 342 g/mol. The molecule has 0 saturated carbocycles. The van der Waals surface area contributed by atoms with E-state index >= 15 is 0 Å². The van der Waals surface area contributed by atoms with Gasteiger partial charge in [-0.2, -0.15) is 0 Å². The molecule has 0 fully saturated rings. The molecule has 4 heteroatoms. The van der Waals surface area contributed by atoms with Crippen molar-refractivity contribution in [2.75, 3.05) is 7.11 Å². The summed E-state index contributed by atoms with van der Waals surface area (Å²) in [4.78, 5) is 13.7. The molecule has 1 amide bonds. The Hall–Kier alpha value is -1.94. The van der Waals surface area contributed by atoms with E-state index in [4.69, 9.17) is 4.74 Å². The first kappa shape index (κ1) is 20.4. The number of thioether (sulfide) groups is 1. The fourth-order valence-electron chi connectivity index (χ4n) is 2.98. The maximum Gasteiger partial charge on any atom is 0.233 e. The van der Waals surface area contributed by atoms with Crippen LogP contribution in [0.3, 0.4) is 0 Å². The van der Waals surface area contributed by atoms with Crippen molar-refractivity contribution in [1.82, 2.24) is 5.32 Å². The number of carbonyl (C=O) groups is 1. The third kappa shape index (κ3) is 5.04. The smallest absolute Gasteiger partial charge is 0.233 e. The van der Waals surface area contributed by atoms with E-state index in [1.54, 1.807) is 18.9 Å². The van der Waals surface area contributed by atoms with Crippen LogP contribution in [0.1, 0.15) is 56.3 Å². The summed E-state index contributed by atoms with van der Waals surface area (Å²) in [6.45, 7) is 10.3. The quantitative estimate of drug-likeness (QED) is 0.655. The molecule has 3 nitrogen and oxygen atoms in total. The van der Waals surface area contributed by atoms with E-state index in [9.17, 15) is 4.79 Å². The molecule has 0 aliphatic carbocycles. The second-order valence-electron chi connectivity index (χ2n) is 6.91. The molecule has 2 aromatic rings. The van der Waals surface area contributed by atoms with E-state index in [1.165, 1.54) is 5.56 Å². The Morgan fingerprint density at radius 2 is 1.69 bits per heavy atom. The fourth-order valence-corrected chi connectivity index (χ4v) is 3.87. The summed E-state index contributed by atoms with van der Waals surface area (Å²) >= 11 is 1.58. The number of hydrogen-bond donors (Lipinski definition) is 1. The van der Waals surface area contributed by atoms with Gasteiger partial charge in [-0.15, -0.1) is 11.8 Å². The molecule has 140 valence electrons. The molecule has 26 heavy (non-hydrogen) atoms. The van der Waals surface area contributed by atoms with E-state index in [0.29, 0.717) is 5.92 Å². The lowest BCUT2D eigenvalue weighted by atomic mass is 9.93. The van der Waals surface area contributed by atoms with Crippen LogP contribution < -0.4 is 10.1 Å². The van der Waals surface area contributed by atoms with Gasteiger partial charge < -0.3 is 10.1 Å². The number of aryl methyl sites for hydroxylation is 1. The van der Waals surface area contributed by atoms with Gasteiger partial charge in [0.15, 0.2) is 0 Å². The standard InChI is InChI=1S/C22H29NO2S/c1-14(2)19-13-20(15(3)12-21(19)25-6)16(4)23-22(24)17(5)26-18-10-8-7-9-11-18/h7-14,16-17H,1-6H3,(H,23,24)/t16-,17-/m1/s1. The number of ether oxygens (including phenoxy) is 1. The Morgan fingerprint density at radius 1 is 1.04 bits per heavy atom. The van der Waals surface area contributed by atoms with E-state index in [-0.39, 0.29) is 17.2 Å². The highest BCUT2D eigenvalue weighted by atomic mass is 32.2. The van der Waals surface area contributed by atoms with Crippen LogP contribution in [-0.4, -0.2) is 18.3 Å². The molecule has 2 atom stereocenters. The molecule has 0 aromatic heterocycles. The van der Waals surface area contributed by atoms with Gasteiger partial charge in [0.2, 0.25) is 5.91 Å². The zero-order valence-electron chi connectivity index (χ0n) is 16.5. The lowest BCUT2D eigenvalue weighted by Crippen LogP contribution is -2.33. The summed E-state index contributed by atoms with van der Waals surface area (Å²) in [5, 5.41) is 3.01. The zero-order valence-corrected chi connectivity index (χ0v) is 17.3. The van der Waals surface area contributed by atoms with E-state index < -0.39 is 0 Å². The highest BCUT2D eigenvalue weighted by molar-refractivity contribution is 8.00. The maximum absolute atomic E-state index is 12.6. The van der Waals surface area contributed by atoms with Crippen LogP contribution in [-0.2, 0) is 4.79 Å². The summed E-state index contributed by atoms with van der Waals surface area (Å²) in [6.07, 6.45) is 0. The molecule has 1 N–H and O–H groups in total. The van der Waals surface area contributed by atoms with Crippen LogP contribution in [0.15, 0.2) is 47.4 Å². The first-order valence-electron chi connectivity index (χ1n) is 9.04. The lowest BCUT2D eigenvalue weighted by Gasteiger charge is -2.22. The van der Waals surface area contributed by atoms with Gasteiger partial charge in [-0.3, -0.25) is 4.79 Å². The lowest BCUT2D eigenvalue weighted by molar-refractivity contribution is -0.120. The van der Waals surface area contributed by atoms with Crippen LogP contribution in [0, 0.1) is 6.92 Å². The minimum absolute atomic E-state index is 0.0488. The predicted octanol–water partition coefficient (Wildman–Crippen LogP) is 5.49. The molecule has 0 aliphatic rings. The molecule has 2 rings (SSSR count). The van der Waals surface area contributed by atoms with Gasteiger partial charge in [0.1, 0.15) is 5.75 Å². The summed E-state index contributed by atoms with van der Waals surface area (Å²) < 4.78 is 5.52. The zero-order chi connectivity index (χ0) is 19.3. The second-order valence-corrected chi connectivity index (χ2v) is 8.32. The van der Waals surface area contributed by atoms with Crippen LogP contribution in [0.25, 0.3) is 0 Å². The van der Waals surface area contributed by atoms with Gasteiger partial charge >= 0.3 is 0 Å². The fraction of sp³-hybridized carbons (Fsp3) is 0.409. The summed E-state index contributed by atoms with van der Waals surface area (Å²) in [6, 6.07) is 14.2. The van der Waals surface area contributed by atoms with Crippen molar-refractivity contribution >= 4 is 17.7 Å². The molecule has 0 saturated heterocycles. The van der Waals surface area contributed by atoms with E-state index in [1.807, 2.05) is 44.2 Å². The van der Waals surface area contributed by atoms with Crippen molar-refractivity contribution in [3.05, 3.63) is 59.2 Å². The third-order valence-electron chi connectivity index (χ3n) is 4.49. The average Bonchev–Trinajstić information content (AvgIpc) is 2.61. The van der Waals surface area contributed by atoms with E-state index in [0.717, 1.165) is 21.8 Å². The van der Waals surface area contributed by atoms with Gasteiger partial charge in [-0.05, 0) is 67.6 Å². The molecule has 0 heterocycles. The first-order chi connectivity index (χ1) is 12.3. The van der Waals surface area contributed by atoms with Crippen LogP contribution in [0.2, 0.25) is 0 Å². The van der Waals surface area contributed by atoms with Crippen molar-refractivity contribution in [2.24, 2.45) is 0 Å². The first-order valence-corrected chi connectivity index (χ1v) is 9.92. The van der Waals surface area contributed by atoms with Gasteiger partial charge in [0.05, 0.1) is 18.4 Å². The molecule has 0 bridgehead atoms. The average molecular weight is 372 g/mol. The normalized spacial score (nSPS) is 13.3. The Morgan fingerprint density at radius 3 is 2.27 bits per heavy atom. The Labute approximate surface area is 161 Å². The van der Waals surface area contributed by atoms with Crippen LogP contribution in [0.4, 0.5) is 0 Å². The van der Waals surface area contributed by atoms with Gasteiger partial charge in [-0.25, -0.2) is 0 Å². The summed E-state index contributed by atoms with van der Waals surface area (Å²) in [5.41, 5.74) is 3.43. The van der Waals surface area contributed by atoms with E-state index in [2.05, 4.69) is 38.2 Å². The molecule has 0 aliphatic heterocycles. The molecule has 0 radical (unpaired) electrons. The second kappa shape index (κ2) is 9.13. The van der Waals surface area contributed by atoms with Gasteiger partial charge in [0.25, 0.3) is 0 Å². The largest absolute Gasteiger partial charge is 0.496 e. The summed E-state index contributed by atoms with van der Waals surface area (Å²) in [7, 11) is 1.70. The van der Waals surface area contributed by atoms with Crippen molar-refractivity contribution in [3.63, 3.8) is 0 Å². The number of nitrogens with one attached hydrogen (secondary N) is 1. The number of carbonyl (C=O) groups excluding carboxylic acids is 1. The Bertz CT molecular complexity index is 743. The van der Waals surface area contributed by atoms with Gasteiger partial charge in [0, 0.05) is 4.90 Å². The van der Waals surface area contributed by atoms with Crippen LogP contribution >= 0.6 is 11.8 Å². The van der Waals surface area contributed by atoms with Crippen LogP contribution in [0.5, 0.6) is 5.75 Å². The third-order valence-corrected chi connectivity index (χ3v) is 5.60. The molecule has 2 aromatic carbocycles. The maximum atomic E-state index is 12.6. The SMILES string of the molecule is COc1cc(C)c([C@@H](C)NC(=O)[C@@H](C)Sc2ccccc2)cc1C(C)C. The molecular formula is C22H29NO2S. The van der Waals surface area contributed by atoms with Crippen molar-refractivity contribution in [2.45, 2.75) is 56.7 Å². The van der Waals surface area contributed by atoms with Crippen molar-refractivity contribution in [1.29, 1.82) is 0 Å². The minimum Gasteiger partial charge on any atom is -0.496 e.